The van der Waals surface area contributed by atoms with Gasteiger partial charge in [0.15, 0.2) is 0 Å². The molecule has 1 unspecified atom stereocenters. The Kier molecular flexibility index (Phi) is 12.7. The molecule has 3 N–H and O–H groups in total. The maximum absolute atomic E-state index is 12.5. The number of carbonyl (C=O) groups excluding carboxylic acids is 3. The number of methoxy groups -OCH3 is 1. The Morgan fingerprint density at radius 2 is 1.38 bits per heavy atom. The number of nitrogens with zero attached hydrogens (tertiary/aromatic N) is 1. The van der Waals surface area contributed by atoms with E-state index in [1.807, 2.05) is 0 Å². The van der Waals surface area contributed by atoms with Gasteiger partial charge in [-0.2, -0.15) is 0 Å². The van der Waals surface area contributed by atoms with Gasteiger partial charge in [0.1, 0.15) is 11.2 Å². The third-order valence-electron chi connectivity index (χ3n) is 3.78. The highest BCUT2D eigenvalue weighted by Crippen LogP contribution is 2.11. The molecular weight excluding hydrogens is 422 g/mol. The number of unbranched alkanes of at least 4 members (excludes halogenated alkanes) is 1. The summed E-state index contributed by atoms with van der Waals surface area (Å²) in [7, 11) is 1.15. The predicted octanol–water partition coefficient (Wildman–Crippen LogP) is 2.13. The Bertz CT molecular complexity index is 626. The van der Waals surface area contributed by atoms with E-state index < -0.39 is 41.4 Å². The number of nitrogens with one attached hydrogen (secondary N) is 2. The Morgan fingerprint density at radius 3 is 1.88 bits per heavy atom. The molecule has 1 atom stereocenters. The van der Waals surface area contributed by atoms with Crippen molar-refractivity contribution >= 4 is 24.1 Å². The Morgan fingerprint density at radius 1 is 0.844 bits per heavy atom. The zero-order valence-electron chi connectivity index (χ0n) is 20.3. The first-order valence-electron chi connectivity index (χ1n) is 10.6. The van der Waals surface area contributed by atoms with E-state index in [1.165, 1.54) is 0 Å². The molecule has 0 aromatic heterocycles. The van der Waals surface area contributed by atoms with E-state index in [-0.39, 0.29) is 6.54 Å². The Hall–Kier alpha value is -2.56. The Balaban J connectivity index is 4.53. The van der Waals surface area contributed by atoms with Crippen LogP contribution in [0.1, 0.15) is 60.8 Å². The SMILES string of the molecule is COC(C(=O)O)C(=O)NCCCCN(CCCNC(=O)OC(C)(C)C)C(=O)OC(C)(C)C. The zero-order chi connectivity index (χ0) is 24.9. The summed E-state index contributed by atoms with van der Waals surface area (Å²) in [5.41, 5.74) is -1.24. The average molecular weight is 462 g/mol. The van der Waals surface area contributed by atoms with Crippen LogP contribution in [0.25, 0.3) is 0 Å². The quantitative estimate of drug-likeness (QED) is 0.296. The lowest BCUT2D eigenvalue weighted by Crippen LogP contribution is -2.42. The van der Waals surface area contributed by atoms with Crippen LogP contribution in [0.15, 0.2) is 0 Å². The molecule has 11 heteroatoms. The van der Waals surface area contributed by atoms with Crippen molar-refractivity contribution in [2.24, 2.45) is 0 Å². The number of aliphatic carboxylic acids is 1. The fourth-order valence-corrected chi connectivity index (χ4v) is 2.45. The maximum Gasteiger partial charge on any atom is 0.410 e. The molecule has 0 heterocycles. The van der Waals surface area contributed by atoms with Crippen molar-refractivity contribution in [2.75, 3.05) is 33.3 Å². The normalized spacial score (nSPS) is 12.5. The molecule has 11 nitrogen and oxygen atoms in total. The van der Waals surface area contributed by atoms with Gasteiger partial charge < -0.3 is 34.9 Å². The molecule has 0 aliphatic heterocycles. The van der Waals surface area contributed by atoms with Gasteiger partial charge in [0, 0.05) is 33.3 Å². The fraction of sp³-hybridized carbons (Fsp3) is 0.810. The summed E-state index contributed by atoms with van der Waals surface area (Å²) in [4.78, 5) is 48.4. The lowest BCUT2D eigenvalue weighted by atomic mass is 10.2. The number of alkyl carbamates (subject to hydrolysis) is 1. The summed E-state index contributed by atoms with van der Waals surface area (Å²) in [5.74, 6) is -2.08. The summed E-state index contributed by atoms with van der Waals surface area (Å²) < 4.78 is 15.2. The van der Waals surface area contributed by atoms with E-state index in [9.17, 15) is 19.2 Å². The number of carboxylic acid groups (broad SMARTS) is 1. The Labute approximate surface area is 190 Å². The third-order valence-corrected chi connectivity index (χ3v) is 3.78. The second-order valence-electron chi connectivity index (χ2n) is 9.20. The van der Waals surface area contributed by atoms with Crippen LogP contribution in [0.2, 0.25) is 0 Å². The second kappa shape index (κ2) is 13.8. The number of ether oxygens (including phenoxy) is 3. The van der Waals surface area contributed by atoms with Crippen molar-refractivity contribution in [3.63, 3.8) is 0 Å². The predicted molar refractivity (Wildman–Crippen MR) is 117 cm³/mol. The van der Waals surface area contributed by atoms with Gasteiger partial charge in [-0.15, -0.1) is 0 Å². The average Bonchev–Trinajstić information content (AvgIpc) is 2.60. The zero-order valence-corrected chi connectivity index (χ0v) is 20.3. The van der Waals surface area contributed by atoms with Gasteiger partial charge in [-0.3, -0.25) is 4.79 Å². The molecule has 0 saturated carbocycles. The van der Waals surface area contributed by atoms with E-state index in [0.29, 0.717) is 38.9 Å². The summed E-state index contributed by atoms with van der Waals surface area (Å²) in [6.07, 6.45) is -0.952. The summed E-state index contributed by atoms with van der Waals surface area (Å²) >= 11 is 0. The number of amides is 3. The van der Waals surface area contributed by atoms with Crippen LogP contribution in [-0.2, 0) is 23.8 Å². The van der Waals surface area contributed by atoms with E-state index in [1.54, 1.807) is 46.4 Å². The number of hydrogen-bond acceptors (Lipinski definition) is 7. The first-order chi connectivity index (χ1) is 14.7. The van der Waals surface area contributed by atoms with Gasteiger partial charge in [0.2, 0.25) is 6.10 Å². The molecule has 0 bridgehead atoms. The van der Waals surface area contributed by atoms with Crippen LogP contribution < -0.4 is 10.6 Å². The molecule has 0 rings (SSSR count). The molecule has 0 aromatic carbocycles. The summed E-state index contributed by atoms with van der Waals surface area (Å²) in [6, 6.07) is 0. The molecule has 186 valence electrons. The van der Waals surface area contributed by atoms with Crippen LogP contribution in [0.3, 0.4) is 0 Å². The molecule has 0 aliphatic carbocycles. The molecule has 0 saturated heterocycles. The summed E-state index contributed by atoms with van der Waals surface area (Å²) in [6.45, 7) is 12.0. The smallest absolute Gasteiger partial charge is 0.410 e. The highest BCUT2D eigenvalue weighted by atomic mass is 16.6. The van der Waals surface area contributed by atoms with Crippen molar-refractivity contribution in [1.29, 1.82) is 0 Å². The van der Waals surface area contributed by atoms with Gasteiger partial charge in [-0.05, 0) is 60.8 Å². The number of carbonyl (C=O) groups is 4. The van der Waals surface area contributed by atoms with Gasteiger partial charge >= 0.3 is 18.2 Å². The van der Waals surface area contributed by atoms with Crippen LogP contribution in [0.4, 0.5) is 9.59 Å². The number of carboxylic acids is 1. The molecule has 0 radical (unpaired) electrons. The van der Waals surface area contributed by atoms with Crippen molar-refractivity contribution in [3.05, 3.63) is 0 Å². The standard InChI is InChI=1S/C21H39N3O8/c1-20(2,3)31-18(28)23-12-10-14-24(19(29)32-21(4,5)6)13-9-8-11-22-16(25)15(30-7)17(26)27/h15H,8-14H2,1-7H3,(H,22,25)(H,23,28)(H,26,27). The highest BCUT2D eigenvalue weighted by molar-refractivity contribution is 5.99. The highest BCUT2D eigenvalue weighted by Gasteiger charge is 2.25. The third kappa shape index (κ3) is 14.4. The van der Waals surface area contributed by atoms with E-state index in [0.717, 1.165) is 7.11 Å². The lowest BCUT2D eigenvalue weighted by molar-refractivity contribution is -0.155. The monoisotopic (exact) mass is 461 g/mol. The second-order valence-corrected chi connectivity index (χ2v) is 9.20. The molecule has 0 fully saturated rings. The van der Waals surface area contributed by atoms with Crippen LogP contribution >= 0.6 is 0 Å². The van der Waals surface area contributed by atoms with Crippen molar-refractivity contribution < 1.29 is 38.5 Å². The van der Waals surface area contributed by atoms with Gasteiger partial charge in [-0.25, -0.2) is 14.4 Å². The lowest BCUT2D eigenvalue weighted by Gasteiger charge is -2.27. The molecule has 32 heavy (non-hydrogen) atoms. The molecular formula is C21H39N3O8. The minimum atomic E-state index is -1.55. The summed E-state index contributed by atoms with van der Waals surface area (Å²) in [5, 5.41) is 14.0. The maximum atomic E-state index is 12.5. The largest absolute Gasteiger partial charge is 0.479 e. The van der Waals surface area contributed by atoms with Crippen molar-refractivity contribution in [1.82, 2.24) is 15.5 Å². The molecule has 3 amide bonds. The van der Waals surface area contributed by atoms with Gasteiger partial charge in [0.25, 0.3) is 5.91 Å². The first-order valence-corrected chi connectivity index (χ1v) is 10.6. The van der Waals surface area contributed by atoms with Crippen molar-refractivity contribution in [3.8, 4) is 0 Å². The van der Waals surface area contributed by atoms with Crippen molar-refractivity contribution in [2.45, 2.75) is 78.1 Å². The minimum absolute atomic E-state index is 0.244. The molecule has 0 spiro atoms. The van der Waals surface area contributed by atoms with Gasteiger partial charge in [-0.1, -0.05) is 0 Å². The fourth-order valence-electron chi connectivity index (χ4n) is 2.45. The van der Waals surface area contributed by atoms with E-state index >= 15 is 0 Å². The topological polar surface area (TPSA) is 144 Å². The molecule has 0 aromatic rings. The van der Waals surface area contributed by atoms with Crippen LogP contribution in [0.5, 0.6) is 0 Å². The van der Waals surface area contributed by atoms with E-state index in [4.69, 9.17) is 14.6 Å². The first kappa shape index (κ1) is 29.4. The number of hydrogen-bond donors (Lipinski definition) is 3. The number of rotatable bonds is 12. The minimum Gasteiger partial charge on any atom is -0.479 e. The van der Waals surface area contributed by atoms with Gasteiger partial charge in [0.05, 0.1) is 0 Å². The van der Waals surface area contributed by atoms with E-state index in [2.05, 4.69) is 15.4 Å². The van der Waals surface area contributed by atoms with Crippen LogP contribution in [0, 0.1) is 0 Å². The van der Waals surface area contributed by atoms with Crippen LogP contribution in [-0.4, -0.2) is 84.7 Å². The molecule has 0 aliphatic rings.